The summed E-state index contributed by atoms with van der Waals surface area (Å²) in [5, 5.41) is 3.22. The van der Waals surface area contributed by atoms with Gasteiger partial charge in [-0.2, -0.15) is 15.0 Å². The van der Waals surface area contributed by atoms with Crippen LogP contribution in [0.2, 0.25) is 0 Å². The van der Waals surface area contributed by atoms with E-state index in [9.17, 15) is 0 Å². The summed E-state index contributed by atoms with van der Waals surface area (Å²) in [6.45, 7) is 6.44. The average Bonchev–Trinajstić information content (AvgIpc) is 2.63. The normalized spacial score (nSPS) is 10.6. The predicted molar refractivity (Wildman–Crippen MR) is 104 cm³/mol. The molecule has 0 saturated heterocycles. The second kappa shape index (κ2) is 7.82. The van der Waals surface area contributed by atoms with Crippen LogP contribution >= 0.6 is 0 Å². The Hall–Kier alpha value is -3.15. The van der Waals surface area contributed by atoms with Crippen molar-refractivity contribution in [2.24, 2.45) is 0 Å². The number of aromatic nitrogens is 3. The Morgan fingerprint density at radius 2 is 1.81 bits per heavy atom. The van der Waals surface area contributed by atoms with Crippen LogP contribution in [0.4, 0.5) is 17.6 Å². The van der Waals surface area contributed by atoms with Crippen molar-refractivity contribution in [2.75, 3.05) is 11.1 Å². The molecule has 3 rings (SSSR count). The van der Waals surface area contributed by atoms with Crippen molar-refractivity contribution in [3.63, 3.8) is 0 Å². The average molecular weight is 349 g/mol. The number of hydrogen-bond donors (Lipinski definition) is 2. The molecule has 134 valence electrons. The number of aryl methyl sites for hydroxylation is 3. The molecule has 0 radical (unpaired) electrons. The third kappa shape index (κ3) is 4.27. The van der Waals surface area contributed by atoms with Gasteiger partial charge in [0.2, 0.25) is 11.9 Å². The molecule has 0 saturated carbocycles. The lowest BCUT2D eigenvalue weighted by Crippen LogP contribution is -2.10. The summed E-state index contributed by atoms with van der Waals surface area (Å²) in [5.41, 5.74) is 10.4. The zero-order valence-corrected chi connectivity index (χ0v) is 15.3. The fourth-order valence-electron chi connectivity index (χ4n) is 2.58. The van der Waals surface area contributed by atoms with Crippen molar-refractivity contribution < 1.29 is 4.74 Å². The molecule has 0 atom stereocenters. The molecule has 3 N–H and O–H groups in total. The van der Waals surface area contributed by atoms with E-state index in [2.05, 4.69) is 47.1 Å². The van der Waals surface area contributed by atoms with Gasteiger partial charge in [0.15, 0.2) is 5.82 Å². The zero-order valence-electron chi connectivity index (χ0n) is 15.3. The van der Waals surface area contributed by atoms with Crippen LogP contribution in [0.3, 0.4) is 0 Å². The maximum atomic E-state index is 5.84. The highest BCUT2D eigenvalue weighted by Gasteiger charge is 2.08. The van der Waals surface area contributed by atoms with Crippen molar-refractivity contribution in [1.29, 1.82) is 0 Å². The van der Waals surface area contributed by atoms with Crippen molar-refractivity contribution >= 4 is 17.6 Å². The molecule has 0 amide bonds. The molecule has 0 unspecified atom stereocenters. The fourth-order valence-corrected chi connectivity index (χ4v) is 2.58. The highest BCUT2D eigenvalue weighted by Crippen LogP contribution is 2.20. The molecule has 0 aliphatic carbocycles. The third-order valence-corrected chi connectivity index (χ3v) is 4.19. The molecule has 6 heteroatoms. The van der Waals surface area contributed by atoms with Crippen LogP contribution in [0, 0.1) is 13.8 Å². The van der Waals surface area contributed by atoms with Gasteiger partial charge in [0.25, 0.3) is 0 Å². The monoisotopic (exact) mass is 349 g/mol. The van der Waals surface area contributed by atoms with Crippen LogP contribution in [-0.4, -0.2) is 15.0 Å². The van der Waals surface area contributed by atoms with E-state index < -0.39 is 0 Å². The Labute approximate surface area is 153 Å². The summed E-state index contributed by atoms with van der Waals surface area (Å²) in [6.07, 6.45) is 0.909. The van der Waals surface area contributed by atoms with Gasteiger partial charge in [-0.25, -0.2) is 0 Å². The molecule has 26 heavy (non-hydrogen) atoms. The van der Waals surface area contributed by atoms with Gasteiger partial charge < -0.3 is 15.8 Å². The molecular formula is C20H23N5O. The van der Waals surface area contributed by atoms with E-state index in [4.69, 9.17) is 10.5 Å². The van der Waals surface area contributed by atoms with Gasteiger partial charge in [0.05, 0.1) is 0 Å². The number of benzene rings is 2. The Kier molecular flexibility index (Phi) is 5.31. The lowest BCUT2D eigenvalue weighted by molar-refractivity contribution is 0.295. The minimum atomic E-state index is 0.162. The Balaban J connectivity index is 1.76. The Bertz CT molecular complexity index is 910. The van der Waals surface area contributed by atoms with E-state index in [1.807, 2.05) is 36.4 Å². The van der Waals surface area contributed by atoms with E-state index in [0.717, 1.165) is 17.9 Å². The van der Waals surface area contributed by atoms with Crippen LogP contribution in [-0.2, 0) is 13.0 Å². The van der Waals surface area contributed by atoms with Gasteiger partial charge in [0, 0.05) is 5.69 Å². The molecule has 0 aliphatic heterocycles. The maximum Gasteiger partial charge on any atom is 0.232 e. The van der Waals surface area contributed by atoms with Crippen LogP contribution in [0.15, 0.2) is 42.5 Å². The fraction of sp³-hybridized carbons (Fsp3) is 0.250. The van der Waals surface area contributed by atoms with E-state index in [1.165, 1.54) is 16.7 Å². The molecule has 0 aliphatic rings. The van der Waals surface area contributed by atoms with Crippen LogP contribution < -0.4 is 15.8 Å². The summed E-state index contributed by atoms with van der Waals surface area (Å²) < 4.78 is 5.80. The molecule has 1 aromatic heterocycles. The van der Waals surface area contributed by atoms with Gasteiger partial charge in [-0.15, -0.1) is 0 Å². The number of rotatable bonds is 6. The first-order valence-electron chi connectivity index (χ1n) is 8.60. The van der Waals surface area contributed by atoms with Crippen molar-refractivity contribution in [2.45, 2.75) is 33.8 Å². The zero-order chi connectivity index (χ0) is 18.5. The van der Waals surface area contributed by atoms with Crippen LogP contribution in [0.1, 0.15) is 29.4 Å². The van der Waals surface area contributed by atoms with Gasteiger partial charge in [-0.05, 0) is 55.2 Å². The maximum absolute atomic E-state index is 5.84. The minimum Gasteiger partial charge on any atom is -0.486 e. The second-order valence-corrected chi connectivity index (χ2v) is 6.10. The van der Waals surface area contributed by atoms with Crippen molar-refractivity contribution in [1.82, 2.24) is 15.0 Å². The van der Waals surface area contributed by atoms with E-state index in [1.54, 1.807) is 0 Å². The first-order chi connectivity index (χ1) is 12.5. The first kappa shape index (κ1) is 17.7. The molecule has 0 fully saturated rings. The van der Waals surface area contributed by atoms with Gasteiger partial charge in [-0.1, -0.05) is 31.2 Å². The molecule has 2 aromatic carbocycles. The highest BCUT2D eigenvalue weighted by molar-refractivity contribution is 5.58. The molecular weight excluding hydrogens is 326 g/mol. The van der Waals surface area contributed by atoms with Crippen molar-refractivity contribution in [3.8, 4) is 5.75 Å². The van der Waals surface area contributed by atoms with Crippen LogP contribution in [0.5, 0.6) is 5.75 Å². The third-order valence-electron chi connectivity index (χ3n) is 4.19. The molecule has 6 nitrogen and oxygen atoms in total. The number of nitrogen functional groups attached to an aromatic ring is 1. The Morgan fingerprint density at radius 3 is 2.58 bits per heavy atom. The van der Waals surface area contributed by atoms with Gasteiger partial charge in [0.1, 0.15) is 12.4 Å². The second-order valence-electron chi connectivity index (χ2n) is 6.10. The quantitative estimate of drug-likeness (QED) is 0.701. The SMILES string of the molecule is CCc1ccccc1Nc1nc(N)nc(COc2ccc(C)c(C)c2)n1. The largest absolute Gasteiger partial charge is 0.486 e. The van der Waals surface area contributed by atoms with E-state index in [-0.39, 0.29) is 12.6 Å². The number of nitrogens with zero attached hydrogens (tertiary/aromatic N) is 3. The lowest BCUT2D eigenvalue weighted by Gasteiger charge is -2.11. The standard InChI is InChI=1S/C20H23N5O/c1-4-15-7-5-6-8-17(15)22-20-24-18(23-19(21)25-20)12-26-16-10-9-13(2)14(3)11-16/h5-11H,4,12H2,1-3H3,(H3,21,22,23,24,25). The summed E-state index contributed by atoms with van der Waals surface area (Å²) in [4.78, 5) is 12.8. The Morgan fingerprint density at radius 1 is 1.00 bits per heavy atom. The number of ether oxygens (including phenoxy) is 1. The predicted octanol–water partition coefficient (Wildman–Crippen LogP) is 3.96. The lowest BCUT2D eigenvalue weighted by atomic mass is 10.1. The van der Waals surface area contributed by atoms with Crippen LogP contribution in [0.25, 0.3) is 0 Å². The summed E-state index contributed by atoms with van der Waals surface area (Å²) in [7, 11) is 0. The van der Waals surface area contributed by atoms with Gasteiger partial charge >= 0.3 is 0 Å². The highest BCUT2D eigenvalue weighted by atomic mass is 16.5. The van der Waals surface area contributed by atoms with E-state index in [0.29, 0.717) is 11.8 Å². The summed E-state index contributed by atoms with van der Waals surface area (Å²) >= 11 is 0. The topological polar surface area (TPSA) is 86.0 Å². The minimum absolute atomic E-state index is 0.162. The number of hydrogen-bond acceptors (Lipinski definition) is 6. The first-order valence-corrected chi connectivity index (χ1v) is 8.60. The van der Waals surface area contributed by atoms with E-state index >= 15 is 0 Å². The summed E-state index contributed by atoms with van der Waals surface area (Å²) in [5.74, 6) is 1.83. The smallest absolute Gasteiger partial charge is 0.232 e. The number of anilines is 3. The molecule has 1 heterocycles. The molecule has 0 spiro atoms. The number of para-hydroxylation sites is 1. The molecule has 3 aromatic rings. The van der Waals surface area contributed by atoms with Gasteiger partial charge in [-0.3, -0.25) is 0 Å². The number of nitrogens with two attached hydrogens (primary N) is 1. The van der Waals surface area contributed by atoms with Crippen molar-refractivity contribution in [3.05, 3.63) is 65.0 Å². The number of nitrogens with one attached hydrogen (secondary N) is 1. The molecule has 0 bridgehead atoms. The summed E-state index contributed by atoms with van der Waals surface area (Å²) in [6, 6.07) is 14.0.